The van der Waals surface area contributed by atoms with Crippen molar-refractivity contribution in [3.63, 3.8) is 0 Å². The molecule has 1 aromatic carbocycles. The van der Waals surface area contributed by atoms with Crippen LogP contribution < -0.4 is 10.1 Å². The van der Waals surface area contributed by atoms with Crippen molar-refractivity contribution in [2.24, 2.45) is 0 Å². The summed E-state index contributed by atoms with van der Waals surface area (Å²) >= 11 is 0. The predicted octanol–water partition coefficient (Wildman–Crippen LogP) is 0.0239. The molecule has 0 bridgehead atoms. The Morgan fingerprint density at radius 2 is 2.16 bits per heavy atom. The molecule has 0 radical (unpaired) electrons. The highest BCUT2D eigenvalue weighted by molar-refractivity contribution is 5.79. The molecule has 2 N–H and O–H groups in total. The molecule has 0 heterocycles. The largest absolute Gasteiger partial charge is 0.484 e. The van der Waals surface area contributed by atoms with Crippen molar-refractivity contribution >= 4 is 11.9 Å². The summed E-state index contributed by atoms with van der Waals surface area (Å²) in [4.78, 5) is 22.3. The zero-order chi connectivity index (χ0) is 14.3. The zero-order valence-electron chi connectivity index (χ0n) is 10.9. The van der Waals surface area contributed by atoms with Crippen LogP contribution in [0.5, 0.6) is 5.75 Å². The molecule has 0 spiro atoms. The Hall–Kier alpha value is -2.08. The van der Waals surface area contributed by atoms with Crippen molar-refractivity contribution in [1.29, 1.82) is 0 Å². The van der Waals surface area contributed by atoms with Gasteiger partial charge in [-0.3, -0.25) is 4.79 Å². The van der Waals surface area contributed by atoms with Crippen molar-refractivity contribution in [3.8, 4) is 5.75 Å². The first-order chi connectivity index (χ1) is 9.02. The topological polar surface area (TPSA) is 84.9 Å². The number of amides is 1. The van der Waals surface area contributed by atoms with E-state index in [0.29, 0.717) is 5.75 Å². The monoisotopic (exact) mass is 267 g/mol. The van der Waals surface area contributed by atoms with E-state index in [2.05, 4.69) is 10.1 Å². The van der Waals surface area contributed by atoms with E-state index in [1.165, 1.54) is 0 Å². The molecular formula is C13H17NO5. The maximum atomic E-state index is 11.4. The summed E-state index contributed by atoms with van der Waals surface area (Å²) in [5.74, 6) is -0.631. The predicted molar refractivity (Wildman–Crippen MR) is 67.7 cm³/mol. The van der Waals surface area contributed by atoms with Crippen molar-refractivity contribution in [1.82, 2.24) is 5.32 Å². The van der Waals surface area contributed by atoms with Gasteiger partial charge in [0.15, 0.2) is 12.7 Å². The van der Waals surface area contributed by atoms with Crippen molar-refractivity contribution in [3.05, 3.63) is 29.8 Å². The lowest BCUT2D eigenvalue weighted by Crippen LogP contribution is -2.39. The van der Waals surface area contributed by atoms with Gasteiger partial charge in [0.1, 0.15) is 5.75 Å². The number of hydrogen-bond donors (Lipinski definition) is 2. The van der Waals surface area contributed by atoms with E-state index in [4.69, 9.17) is 4.74 Å². The Bertz CT molecular complexity index is 446. The van der Waals surface area contributed by atoms with Gasteiger partial charge in [-0.2, -0.15) is 0 Å². The van der Waals surface area contributed by atoms with Crippen LogP contribution in [0, 0.1) is 6.92 Å². The summed E-state index contributed by atoms with van der Waals surface area (Å²) in [6.45, 7) is 1.53. The van der Waals surface area contributed by atoms with Gasteiger partial charge in [-0.1, -0.05) is 12.1 Å². The van der Waals surface area contributed by atoms with Crippen LogP contribution in [0.25, 0.3) is 0 Å². The third-order valence-corrected chi connectivity index (χ3v) is 2.33. The maximum absolute atomic E-state index is 11.4. The highest BCUT2D eigenvalue weighted by atomic mass is 16.5. The second-order valence-corrected chi connectivity index (χ2v) is 3.95. The molecule has 1 unspecified atom stereocenters. The smallest absolute Gasteiger partial charge is 0.336 e. The maximum Gasteiger partial charge on any atom is 0.336 e. The minimum Gasteiger partial charge on any atom is -0.484 e. The first-order valence-electron chi connectivity index (χ1n) is 5.75. The second kappa shape index (κ2) is 7.38. The van der Waals surface area contributed by atoms with Gasteiger partial charge in [0.25, 0.3) is 5.91 Å². The number of aryl methyl sites for hydroxylation is 1. The third-order valence-electron chi connectivity index (χ3n) is 2.33. The number of aliphatic hydroxyl groups is 1. The number of esters is 1. The van der Waals surface area contributed by atoms with Crippen LogP contribution in [0.1, 0.15) is 5.56 Å². The van der Waals surface area contributed by atoms with Crippen LogP contribution in [0.2, 0.25) is 0 Å². The Labute approximate surface area is 111 Å². The summed E-state index contributed by atoms with van der Waals surface area (Å²) in [5.41, 5.74) is 1.03. The van der Waals surface area contributed by atoms with E-state index < -0.39 is 18.0 Å². The van der Waals surface area contributed by atoms with Crippen molar-refractivity contribution in [2.75, 3.05) is 20.3 Å². The molecule has 104 valence electrons. The summed E-state index contributed by atoms with van der Waals surface area (Å²) in [7, 11) is 1.16. The van der Waals surface area contributed by atoms with Crippen LogP contribution in [-0.2, 0) is 14.3 Å². The number of benzene rings is 1. The molecule has 0 saturated heterocycles. The van der Waals surface area contributed by atoms with Crippen LogP contribution in [0.4, 0.5) is 0 Å². The van der Waals surface area contributed by atoms with Crippen LogP contribution in [0.3, 0.4) is 0 Å². The molecule has 0 fully saturated rings. The van der Waals surface area contributed by atoms with E-state index in [1.54, 1.807) is 12.1 Å². The van der Waals surface area contributed by atoms with Gasteiger partial charge in [0.2, 0.25) is 0 Å². The average Bonchev–Trinajstić information content (AvgIpc) is 2.41. The average molecular weight is 267 g/mol. The van der Waals surface area contributed by atoms with E-state index >= 15 is 0 Å². The number of nitrogens with one attached hydrogen (secondary N) is 1. The standard InChI is InChI=1S/C13H17NO5/c1-9-4-3-5-10(6-9)19-8-12(16)14-7-11(15)13(17)18-2/h3-6,11,15H,7-8H2,1-2H3,(H,14,16). The van der Waals surface area contributed by atoms with Gasteiger partial charge in [-0.15, -0.1) is 0 Å². The first-order valence-corrected chi connectivity index (χ1v) is 5.75. The fourth-order valence-corrected chi connectivity index (χ4v) is 1.33. The van der Waals surface area contributed by atoms with Crippen LogP contribution >= 0.6 is 0 Å². The molecule has 6 heteroatoms. The van der Waals surface area contributed by atoms with E-state index in [1.807, 2.05) is 19.1 Å². The third kappa shape index (κ3) is 5.39. The molecule has 1 atom stereocenters. The van der Waals surface area contributed by atoms with Crippen LogP contribution in [-0.4, -0.2) is 43.3 Å². The van der Waals surface area contributed by atoms with Crippen molar-refractivity contribution < 1.29 is 24.2 Å². The van der Waals surface area contributed by atoms with Gasteiger partial charge in [0.05, 0.1) is 13.7 Å². The summed E-state index contributed by atoms with van der Waals surface area (Å²) in [6.07, 6.45) is -1.37. The minimum absolute atomic E-state index is 0.183. The van der Waals surface area contributed by atoms with Gasteiger partial charge in [0, 0.05) is 0 Å². The lowest BCUT2D eigenvalue weighted by atomic mass is 10.2. The summed E-state index contributed by atoms with van der Waals surface area (Å²) in [6, 6.07) is 7.28. The number of rotatable bonds is 6. The molecule has 1 rings (SSSR count). The molecular weight excluding hydrogens is 250 g/mol. The Balaban J connectivity index is 2.30. The SMILES string of the molecule is COC(=O)C(O)CNC(=O)COc1cccc(C)c1. The lowest BCUT2D eigenvalue weighted by Gasteiger charge is -2.10. The zero-order valence-corrected chi connectivity index (χ0v) is 10.9. The van der Waals surface area contributed by atoms with E-state index in [-0.39, 0.29) is 13.2 Å². The number of ether oxygens (including phenoxy) is 2. The van der Waals surface area contributed by atoms with E-state index in [0.717, 1.165) is 12.7 Å². The van der Waals surface area contributed by atoms with Gasteiger partial charge in [-0.25, -0.2) is 4.79 Å². The van der Waals surface area contributed by atoms with Crippen molar-refractivity contribution in [2.45, 2.75) is 13.0 Å². The first kappa shape index (κ1) is 15.0. The summed E-state index contributed by atoms with van der Waals surface area (Å²) < 4.78 is 9.57. The molecule has 0 aromatic heterocycles. The number of carbonyl (C=O) groups is 2. The highest BCUT2D eigenvalue weighted by Gasteiger charge is 2.16. The number of hydrogen-bond acceptors (Lipinski definition) is 5. The molecule has 1 aromatic rings. The van der Waals surface area contributed by atoms with E-state index in [9.17, 15) is 14.7 Å². The second-order valence-electron chi connectivity index (χ2n) is 3.95. The Kier molecular flexibility index (Phi) is 5.81. The molecule has 0 aliphatic heterocycles. The Morgan fingerprint density at radius 1 is 1.42 bits per heavy atom. The highest BCUT2D eigenvalue weighted by Crippen LogP contribution is 2.11. The van der Waals surface area contributed by atoms with Gasteiger partial charge >= 0.3 is 5.97 Å². The molecule has 0 aliphatic rings. The molecule has 6 nitrogen and oxygen atoms in total. The molecule has 19 heavy (non-hydrogen) atoms. The molecule has 0 saturated carbocycles. The van der Waals surface area contributed by atoms with Crippen LogP contribution in [0.15, 0.2) is 24.3 Å². The molecule has 1 amide bonds. The number of methoxy groups -OCH3 is 1. The molecule has 0 aliphatic carbocycles. The quantitative estimate of drug-likeness (QED) is 0.710. The normalized spacial score (nSPS) is 11.5. The minimum atomic E-state index is -1.37. The number of aliphatic hydroxyl groups excluding tert-OH is 1. The fourth-order valence-electron chi connectivity index (χ4n) is 1.33. The van der Waals surface area contributed by atoms with Gasteiger partial charge < -0.3 is 19.9 Å². The lowest BCUT2D eigenvalue weighted by molar-refractivity contribution is -0.150. The number of carbonyl (C=O) groups excluding carboxylic acids is 2. The fraction of sp³-hybridized carbons (Fsp3) is 0.385. The Morgan fingerprint density at radius 3 is 2.79 bits per heavy atom. The van der Waals surface area contributed by atoms with Gasteiger partial charge in [-0.05, 0) is 24.6 Å². The summed E-state index contributed by atoms with van der Waals surface area (Å²) in [5, 5.41) is 11.6.